The number of aliphatic hydroxyl groups is 1. The number of hydrogen-bond donors (Lipinski definition) is 1. The predicted molar refractivity (Wildman–Crippen MR) is 82.1 cm³/mol. The fraction of sp³-hybridized carbons (Fsp3) is 0.625. The number of furan rings is 1. The summed E-state index contributed by atoms with van der Waals surface area (Å²) in [5, 5.41) is 14.5. The summed E-state index contributed by atoms with van der Waals surface area (Å²) in [5.74, 6) is 0.667. The van der Waals surface area contributed by atoms with Gasteiger partial charge in [0.05, 0.1) is 12.8 Å². The Morgan fingerprint density at radius 1 is 1.32 bits per heavy atom. The van der Waals surface area contributed by atoms with Crippen molar-refractivity contribution in [2.45, 2.75) is 50.8 Å². The van der Waals surface area contributed by atoms with E-state index in [1.165, 1.54) is 19.3 Å². The zero-order valence-corrected chi connectivity index (χ0v) is 12.8. The Kier molecular flexibility index (Phi) is 5.24. The van der Waals surface area contributed by atoms with Crippen LogP contribution in [0.25, 0.3) is 0 Å². The molecule has 1 aliphatic rings. The first-order valence-electron chi connectivity index (χ1n) is 8.11. The highest BCUT2D eigenvalue weighted by Gasteiger charge is 2.25. The van der Waals surface area contributed by atoms with Crippen molar-refractivity contribution in [3.8, 4) is 0 Å². The molecule has 0 spiro atoms. The van der Waals surface area contributed by atoms with Crippen molar-refractivity contribution in [1.29, 1.82) is 0 Å². The van der Waals surface area contributed by atoms with Crippen LogP contribution in [0.1, 0.15) is 44.0 Å². The summed E-state index contributed by atoms with van der Waals surface area (Å²) < 4.78 is 7.20. The lowest BCUT2D eigenvalue weighted by Crippen LogP contribution is -2.38. The van der Waals surface area contributed by atoms with Gasteiger partial charge in [-0.25, -0.2) is 4.98 Å². The SMILES string of the molecule is O[C@@H](C[C@H]1CCCCCN1CCn1cncn1)c1ccco1. The van der Waals surface area contributed by atoms with E-state index in [0.717, 1.165) is 32.5 Å². The molecule has 1 aliphatic heterocycles. The number of likely N-dealkylation sites (tertiary alicyclic amines) is 1. The van der Waals surface area contributed by atoms with E-state index in [2.05, 4.69) is 15.0 Å². The quantitative estimate of drug-likeness (QED) is 0.886. The lowest BCUT2D eigenvalue weighted by Gasteiger charge is -2.31. The van der Waals surface area contributed by atoms with Gasteiger partial charge in [-0.3, -0.25) is 9.58 Å². The average molecular weight is 304 g/mol. The van der Waals surface area contributed by atoms with E-state index in [4.69, 9.17) is 4.42 Å². The van der Waals surface area contributed by atoms with Crippen LogP contribution in [0.2, 0.25) is 0 Å². The molecule has 3 rings (SSSR count). The maximum atomic E-state index is 10.4. The van der Waals surface area contributed by atoms with Gasteiger partial charge in [0, 0.05) is 12.6 Å². The highest BCUT2D eigenvalue weighted by Crippen LogP contribution is 2.26. The lowest BCUT2D eigenvalue weighted by atomic mass is 10.0. The minimum absolute atomic E-state index is 0.395. The maximum absolute atomic E-state index is 10.4. The fourth-order valence-electron chi connectivity index (χ4n) is 3.23. The average Bonchev–Trinajstić information content (AvgIpc) is 3.18. The molecule has 0 amide bonds. The van der Waals surface area contributed by atoms with E-state index in [1.807, 2.05) is 16.8 Å². The second kappa shape index (κ2) is 7.56. The molecule has 1 saturated heterocycles. The van der Waals surface area contributed by atoms with Crippen LogP contribution in [0, 0.1) is 0 Å². The fourth-order valence-corrected chi connectivity index (χ4v) is 3.23. The highest BCUT2D eigenvalue weighted by molar-refractivity contribution is 5.02. The molecule has 0 radical (unpaired) electrons. The largest absolute Gasteiger partial charge is 0.467 e. The van der Waals surface area contributed by atoms with Crippen LogP contribution in [0.4, 0.5) is 0 Å². The molecule has 1 fully saturated rings. The minimum atomic E-state index is -0.521. The van der Waals surface area contributed by atoms with Gasteiger partial charge >= 0.3 is 0 Å². The van der Waals surface area contributed by atoms with Gasteiger partial charge in [0.1, 0.15) is 24.5 Å². The second-order valence-corrected chi connectivity index (χ2v) is 5.96. The van der Waals surface area contributed by atoms with Crippen LogP contribution in [-0.4, -0.2) is 43.9 Å². The summed E-state index contributed by atoms with van der Waals surface area (Å²) in [6, 6.07) is 4.07. The van der Waals surface area contributed by atoms with Gasteiger partial charge in [0.25, 0.3) is 0 Å². The molecule has 0 aromatic carbocycles. The Balaban J connectivity index is 1.60. The second-order valence-electron chi connectivity index (χ2n) is 5.96. The summed E-state index contributed by atoms with van der Waals surface area (Å²) in [4.78, 5) is 6.47. The van der Waals surface area contributed by atoms with Gasteiger partial charge in [0.15, 0.2) is 0 Å². The molecule has 2 aromatic heterocycles. The van der Waals surface area contributed by atoms with Crippen molar-refractivity contribution < 1.29 is 9.52 Å². The molecular formula is C16H24N4O2. The number of rotatable bonds is 6. The van der Waals surface area contributed by atoms with E-state index >= 15 is 0 Å². The normalized spacial score (nSPS) is 21.6. The minimum Gasteiger partial charge on any atom is -0.467 e. The van der Waals surface area contributed by atoms with Gasteiger partial charge in [-0.2, -0.15) is 5.10 Å². The van der Waals surface area contributed by atoms with E-state index in [-0.39, 0.29) is 0 Å². The number of aromatic nitrogens is 3. The lowest BCUT2D eigenvalue weighted by molar-refractivity contribution is 0.0842. The molecule has 0 bridgehead atoms. The molecular weight excluding hydrogens is 280 g/mol. The molecule has 6 heteroatoms. The molecule has 6 nitrogen and oxygen atoms in total. The van der Waals surface area contributed by atoms with Gasteiger partial charge in [-0.15, -0.1) is 0 Å². The number of hydrogen-bond acceptors (Lipinski definition) is 5. The third-order valence-corrected chi connectivity index (χ3v) is 4.45. The Bertz CT molecular complexity index is 526. The predicted octanol–water partition coefficient (Wildman–Crippen LogP) is 2.24. The van der Waals surface area contributed by atoms with Crippen LogP contribution in [0.15, 0.2) is 35.5 Å². The van der Waals surface area contributed by atoms with Gasteiger partial charge in [0.2, 0.25) is 0 Å². The summed E-state index contributed by atoms with van der Waals surface area (Å²) >= 11 is 0. The van der Waals surface area contributed by atoms with Gasteiger partial charge in [-0.1, -0.05) is 12.8 Å². The van der Waals surface area contributed by atoms with E-state index < -0.39 is 6.10 Å². The van der Waals surface area contributed by atoms with E-state index in [1.54, 1.807) is 18.9 Å². The zero-order chi connectivity index (χ0) is 15.2. The molecule has 0 saturated carbocycles. The molecule has 0 aliphatic carbocycles. The Hall–Kier alpha value is -1.66. The van der Waals surface area contributed by atoms with Crippen LogP contribution < -0.4 is 0 Å². The van der Waals surface area contributed by atoms with Crippen LogP contribution >= 0.6 is 0 Å². The number of aliphatic hydroxyl groups excluding tert-OH is 1. The van der Waals surface area contributed by atoms with Crippen molar-refractivity contribution in [1.82, 2.24) is 19.7 Å². The first-order valence-corrected chi connectivity index (χ1v) is 8.11. The molecule has 1 N–H and O–H groups in total. The summed E-state index contributed by atoms with van der Waals surface area (Å²) in [6.07, 6.45) is 10.0. The summed E-state index contributed by atoms with van der Waals surface area (Å²) in [6.45, 7) is 2.87. The Morgan fingerprint density at radius 2 is 2.27 bits per heavy atom. The van der Waals surface area contributed by atoms with Crippen LogP contribution in [-0.2, 0) is 6.54 Å². The van der Waals surface area contributed by atoms with E-state index in [0.29, 0.717) is 11.8 Å². The topological polar surface area (TPSA) is 67.3 Å². The molecule has 120 valence electrons. The van der Waals surface area contributed by atoms with Crippen molar-refractivity contribution in [2.24, 2.45) is 0 Å². The molecule has 22 heavy (non-hydrogen) atoms. The third kappa shape index (κ3) is 3.96. The van der Waals surface area contributed by atoms with Crippen LogP contribution in [0.5, 0.6) is 0 Å². The van der Waals surface area contributed by atoms with Crippen LogP contribution in [0.3, 0.4) is 0 Å². The van der Waals surface area contributed by atoms with E-state index in [9.17, 15) is 5.11 Å². The summed E-state index contributed by atoms with van der Waals surface area (Å²) in [5.41, 5.74) is 0. The highest BCUT2D eigenvalue weighted by atomic mass is 16.4. The van der Waals surface area contributed by atoms with Crippen molar-refractivity contribution >= 4 is 0 Å². The van der Waals surface area contributed by atoms with Crippen molar-refractivity contribution in [3.05, 3.63) is 36.8 Å². The molecule has 3 heterocycles. The standard InChI is InChI=1S/C16H24N4O2/c21-15(16-6-4-10-22-16)11-14-5-2-1-3-7-19(14)8-9-20-13-17-12-18-20/h4,6,10,12-15,21H,1-3,5,7-9,11H2/t14-,15+/m1/s1. The zero-order valence-electron chi connectivity index (χ0n) is 12.8. The smallest absolute Gasteiger partial charge is 0.137 e. The van der Waals surface area contributed by atoms with Gasteiger partial charge in [-0.05, 0) is 37.9 Å². The molecule has 2 aromatic rings. The first kappa shape index (κ1) is 15.2. The summed E-state index contributed by atoms with van der Waals surface area (Å²) in [7, 11) is 0. The first-order chi connectivity index (χ1) is 10.8. The van der Waals surface area contributed by atoms with Crippen molar-refractivity contribution in [2.75, 3.05) is 13.1 Å². The third-order valence-electron chi connectivity index (χ3n) is 4.45. The van der Waals surface area contributed by atoms with Crippen molar-refractivity contribution in [3.63, 3.8) is 0 Å². The Morgan fingerprint density at radius 3 is 3.05 bits per heavy atom. The Labute approximate surface area is 130 Å². The van der Waals surface area contributed by atoms with Gasteiger partial charge < -0.3 is 9.52 Å². The maximum Gasteiger partial charge on any atom is 0.137 e. The molecule has 2 atom stereocenters. The monoisotopic (exact) mass is 304 g/mol. The molecule has 0 unspecified atom stereocenters. The number of nitrogens with zero attached hydrogens (tertiary/aromatic N) is 4.